The van der Waals surface area contributed by atoms with Crippen LogP contribution in [0.4, 0.5) is 0 Å². The number of rotatable bonds is 6. The van der Waals surface area contributed by atoms with Crippen molar-refractivity contribution >= 4 is 12.1 Å². The van der Waals surface area contributed by atoms with Crippen molar-refractivity contribution in [2.75, 3.05) is 0 Å². The van der Waals surface area contributed by atoms with Crippen LogP contribution in [0.25, 0.3) is 0 Å². The van der Waals surface area contributed by atoms with Gasteiger partial charge in [0.05, 0.1) is 17.8 Å². The lowest BCUT2D eigenvalue weighted by Crippen LogP contribution is -2.17. The average molecular weight is 355 g/mol. The predicted octanol–water partition coefficient (Wildman–Crippen LogP) is 3.90. The number of benzene rings is 3. The van der Waals surface area contributed by atoms with Crippen LogP contribution in [0, 0.1) is 11.3 Å². The van der Waals surface area contributed by atoms with E-state index in [1.54, 1.807) is 36.5 Å². The molecule has 3 aromatic rings. The molecule has 0 saturated heterocycles. The molecule has 132 valence electrons. The molecular weight excluding hydrogens is 338 g/mol. The fourth-order valence-electron chi connectivity index (χ4n) is 2.39. The van der Waals surface area contributed by atoms with Gasteiger partial charge in [-0.2, -0.15) is 10.4 Å². The summed E-state index contributed by atoms with van der Waals surface area (Å²) in [6, 6.07) is 25.7. The molecule has 0 aliphatic carbocycles. The second kappa shape index (κ2) is 8.97. The summed E-state index contributed by atoms with van der Waals surface area (Å²) in [6.07, 6.45) is 1.57. The number of carbonyl (C=O) groups excluding carboxylic acids is 1. The molecule has 0 aromatic heterocycles. The lowest BCUT2D eigenvalue weighted by molar-refractivity contribution is 0.0955. The van der Waals surface area contributed by atoms with E-state index >= 15 is 0 Å². The quantitative estimate of drug-likeness (QED) is 0.538. The van der Waals surface area contributed by atoms with E-state index in [0.29, 0.717) is 23.5 Å². The van der Waals surface area contributed by atoms with Crippen molar-refractivity contribution in [3.8, 4) is 11.8 Å². The molecule has 0 unspecified atom stereocenters. The minimum Gasteiger partial charge on any atom is -0.489 e. The van der Waals surface area contributed by atoms with E-state index in [0.717, 1.165) is 11.1 Å². The zero-order valence-corrected chi connectivity index (χ0v) is 14.5. The molecule has 27 heavy (non-hydrogen) atoms. The standard InChI is InChI=1S/C22H17N3O2/c23-14-19-8-4-5-9-20(19)16-27-21-12-10-17(11-13-21)15-24-25-22(26)18-6-2-1-3-7-18/h1-13,15H,16H2,(H,25,26)/b24-15-. The molecule has 5 nitrogen and oxygen atoms in total. The number of nitriles is 1. The molecule has 0 heterocycles. The minimum absolute atomic E-state index is 0.261. The van der Waals surface area contributed by atoms with Crippen molar-refractivity contribution in [1.82, 2.24) is 5.43 Å². The Hall–Kier alpha value is -3.91. The second-order valence-electron chi connectivity index (χ2n) is 5.69. The van der Waals surface area contributed by atoms with Gasteiger partial charge in [0.1, 0.15) is 12.4 Å². The molecule has 0 aliphatic heterocycles. The first-order valence-corrected chi connectivity index (χ1v) is 8.35. The van der Waals surface area contributed by atoms with E-state index in [2.05, 4.69) is 16.6 Å². The topological polar surface area (TPSA) is 74.5 Å². The molecule has 0 bridgehead atoms. The van der Waals surface area contributed by atoms with Crippen LogP contribution in [0.3, 0.4) is 0 Å². The van der Waals surface area contributed by atoms with Gasteiger partial charge >= 0.3 is 0 Å². The van der Waals surface area contributed by atoms with Crippen LogP contribution in [0.1, 0.15) is 27.0 Å². The van der Waals surface area contributed by atoms with Gasteiger partial charge in [0.2, 0.25) is 0 Å². The third kappa shape index (κ3) is 5.03. The highest BCUT2D eigenvalue weighted by Crippen LogP contribution is 2.15. The number of ether oxygens (including phenoxy) is 1. The number of hydrazone groups is 1. The van der Waals surface area contributed by atoms with Crippen LogP contribution in [0.2, 0.25) is 0 Å². The first kappa shape index (κ1) is 17.9. The summed E-state index contributed by atoms with van der Waals surface area (Å²) in [7, 11) is 0. The first-order chi connectivity index (χ1) is 13.3. The fourth-order valence-corrected chi connectivity index (χ4v) is 2.39. The van der Waals surface area contributed by atoms with E-state index in [1.807, 2.05) is 48.5 Å². The molecule has 1 amide bonds. The molecule has 5 heteroatoms. The van der Waals surface area contributed by atoms with Crippen LogP contribution in [0.15, 0.2) is 84.0 Å². The highest BCUT2D eigenvalue weighted by Gasteiger charge is 2.03. The van der Waals surface area contributed by atoms with Crippen LogP contribution in [-0.2, 0) is 6.61 Å². The van der Waals surface area contributed by atoms with E-state index in [9.17, 15) is 4.79 Å². The van der Waals surface area contributed by atoms with Gasteiger partial charge in [0, 0.05) is 11.1 Å². The summed E-state index contributed by atoms with van der Waals surface area (Å²) in [5.41, 5.74) is 5.32. The monoisotopic (exact) mass is 355 g/mol. The van der Waals surface area contributed by atoms with Crippen LogP contribution >= 0.6 is 0 Å². The van der Waals surface area contributed by atoms with Crippen molar-refractivity contribution < 1.29 is 9.53 Å². The van der Waals surface area contributed by atoms with Gasteiger partial charge in [-0.15, -0.1) is 0 Å². The summed E-state index contributed by atoms with van der Waals surface area (Å²) < 4.78 is 5.72. The molecule has 1 N–H and O–H groups in total. The lowest BCUT2D eigenvalue weighted by Gasteiger charge is -2.07. The number of hydrogen-bond donors (Lipinski definition) is 1. The Kier molecular flexibility index (Phi) is 5.95. The van der Waals surface area contributed by atoms with Crippen molar-refractivity contribution in [3.05, 3.63) is 101 Å². The second-order valence-corrected chi connectivity index (χ2v) is 5.69. The summed E-state index contributed by atoms with van der Waals surface area (Å²) in [6.45, 7) is 0.324. The van der Waals surface area contributed by atoms with Gasteiger partial charge in [-0.1, -0.05) is 36.4 Å². The van der Waals surface area contributed by atoms with Gasteiger partial charge in [0.15, 0.2) is 0 Å². The Morgan fingerprint density at radius 3 is 2.44 bits per heavy atom. The Morgan fingerprint density at radius 1 is 1.00 bits per heavy atom. The van der Waals surface area contributed by atoms with Crippen molar-refractivity contribution in [2.45, 2.75) is 6.61 Å². The van der Waals surface area contributed by atoms with Crippen molar-refractivity contribution in [1.29, 1.82) is 5.26 Å². The summed E-state index contributed by atoms with van der Waals surface area (Å²) in [4.78, 5) is 11.9. The zero-order valence-electron chi connectivity index (χ0n) is 14.5. The number of carbonyl (C=O) groups is 1. The molecule has 3 rings (SSSR count). The maximum atomic E-state index is 11.9. The normalized spacial score (nSPS) is 10.3. The van der Waals surface area contributed by atoms with Crippen molar-refractivity contribution in [2.24, 2.45) is 5.10 Å². The zero-order chi connectivity index (χ0) is 18.9. The Bertz CT molecular complexity index is 974. The fraction of sp³-hybridized carbons (Fsp3) is 0.0455. The number of amides is 1. The van der Waals surface area contributed by atoms with Gasteiger partial charge in [-0.3, -0.25) is 4.79 Å². The molecule has 0 fully saturated rings. The smallest absolute Gasteiger partial charge is 0.271 e. The third-order valence-corrected chi connectivity index (χ3v) is 3.83. The third-order valence-electron chi connectivity index (χ3n) is 3.83. The number of nitrogens with zero attached hydrogens (tertiary/aromatic N) is 2. The minimum atomic E-state index is -0.261. The SMILES string of the molecule is N#Cc1ccccc1COc1ccc(/C=N\NC(=O)c2ccccc2)cc1. The first-order valence-electron chi connectivity index (χ1n) is 8.35. The number of nitrogens with one attached hydrogen (secondary N) is 1. The summed E-state index contributed by atoms with van der Waals surface area (Å²) >= 11 is 0. The van der Waals surface area contributed by atoms with Gasteiger partial charge in [0.25, 0.3) is 5.91 Å². The molecule has 0 aliphatic rings. The predicted molar refractivity (Wildman–Crippen MR) is 103 cm³/mol. The lowest BCUT2D eigenvalue weighted by atomic mass is 10.1. The molecular formula is C22H17N3O2. The summed E-state index contributed by atoms with van der Waals surface area (Å²) in [5.74, 6) is 0.427. The average Bonchev–Trinajstić information content (AvgIpc) is 2.74. The van der Waals surface area contributed by atoms with Crippen LogP contribution < -0.4 is 10.2 Å². The highest BCUT2D eigenvalue weighted by atomic mass is 16.5. The van der Waals surface area contributed by atoms with Crippen LogP contribution in [0.5, 0.6) is 5.75 Å². The number of hydrogen-bond acceptors (Lipinski definition) is 4. The molecule has 0 saturated carbocycles. The van der Waals surface area contributed by atoms with Crippen LogP contribution in [-0.4, -0.2) is 12.1 Å². The van der Waals surface area contributed by atoms with E-state index in [-0.39, 0.29) is 5.91 Å². The molecule has 0 atom stereocenters. The van der Waals surface area contributed by atoms with Crippen molar-refractivity contribution in [3.63, 3.8) is 0 Å². The molecule has 0 radical (unpaired) electrons. The van der Waals surface area contributed by atoms with E-state index < -0.39 is 0 Å². The Labute approximate surface area is 157 Å². The van der Waals surface area contributed by atoms with E-state index in [1.165, 1.54) is 0 Å². The highest BCUT2D eigenvalue weighted by molar-refractivity contribution is 5.94. The van der Waals surface area contributed by atoms with Gasteiger partial charge in [-0.25, -0.2) is 5.43 Å². The Balaban J connectivity index is 1.54. The largest absolute Gasteiger partial charge is 0.489 e. The maximum absolute atomic E-state index is 11.9. The Morgan fingerprint density at radius 2 is 1.70 bits per heavy atom. The van der Waals surface area contributed by atoms with E-state index in [4.69, 9.17) is 10.00 Å². The molecule has 0 spiro atoms. The molecule has 3 aromatic carbocycles. The van der Waals surface area contributed by atoms with Gasteiger partial charge in [-0.05, 0) is 48.0 Å². The maximum Gasteiger partial charge on any atom is 0.271 e. The summed E-state index contributed by atoms with van der Waals surface area (Å²) in [5, 5.41) is 13.1. The van der Waals surface area contributed by atoms with Gasteiger partial charge < -0.3 is 4.74 Å².